The molecule has 1 aliphatic heterocycles. The van der Waals surface area contributed by atoms with Gasteiger partial charge in [-0.3, -0.25) is 4.79 Å². The number of alkyl carbamates (subject to hydrolysis) is 1. The number of hydrogen-bond donors (Lipinski definition) is 3. The van der Waals surface area contributed by atoms with Crippen LogP contribution in [0.15, 0.2) is 65.6 Å². The van der Waals surface area contributed by atoms with E-state index >= 15 is 0 Å². The molecule has 12 heteroatoms. The fraction of sp³-hybridized carbons (Fsp3) is 0.447. The van der Waals surface area contributed by atoms with Crippen molar-refractivity contribution in [3.8, 4) is 17.3 Å². The molecule has 3 N–H and O–H groups in total. The zero-order valence-electron chi connectivity index (χ0n) is 28.7. The molecule has 0 unspecified atom stereocenters. The minimum atomic E-state index is -1.00. The van der Waals surface area contributed by atoms with Crippen LogP contribution in [0.4, 0.5) is 4.79 Å². The number of aromatic nitrogens is 2. The number of fused-ring (bicyclic) bond motifs is 3. The third-order valence-electron chi connectivity index (χ3n) is 8.92. The van der Waals surface area contributed by atoms with Gasteiger partial charge in [-0.05, 0) is 64.0 Å². The molecule has 0 spiro atoms. The molecule has 3 atom stereocenters. The summed E-state index contributed by atoms with van der Waals surface area (Å²) in [6.07, 6.45) is 9.47. The van der Waals surface area contributed by atoms with E-state index in [0.717, 1.165) is 73.5 Å². The SMILES string of the molecule is C=CCCCCC[C@H](NC(=O)OC1CCCC1)C(=O)O.COC(=O)[C@@H]1C[C@@H](Oc2nc(-c3ccc(C)cc3)nc3c2oc2ccccc23)CN1. The lowest BCUT2D eigenvalue weighted by Gasteiger charge is -2.17. The Balaban J connectivity index is 0.000000213. The number of carbonyl (C=O) groups is 3. The van der Waals surface area contributed by atoms with Gasteiger partial charge in [-0.1, -0.05) is 60.9 Å². The molecule has 1 amide bonds. The van der Waals surface area contributed by atoms with Gasteiger partial charge in [0.15, 0.2) is 5.82 Å². The number of methoxy groups -OCH3 is 1. The van der Waals surface area contributed by atoms with Gasteiger partial charge >= 0.3 is 18.0 Å². The van der Waals surface area contributed by atoms with E-state index < -0.39 is 18.1 Å². The molecular formula is C38H46N4O8. The van der Waals surface area contributed by atoms with Crippen molar-refractivity contribution in [2.75, 3.05) is 13.7 Å². The molecule has 266 valence electrons. The van der Waals surface area contributed by atoms with Crippen LogP contribution in [-0.2, 0) is 19.1 Å². The maximum Gasteiger partial charge on any atom is 0.408 e. The molecule has 2 aromatic heterocycles. The Hall–Kier alpha value is -4.97. The number of nitrogens with one attached hydrogen (secondary N) is 2. The predicted octanol–water partition coefficient (Wildman–Crippen LogP) is 6.88. The Morgan fingerprint density at radius 2 is 1.82 bits per heavy atom. The zero-order valence-corrected chi connectivity index (χ0v) is 28.7. The van der Waals surface area contributed by atoms with Gasteiger partial charge in [0.25, 0.3) is 5.88 Å². The summed E-state index contributed by atoms with van der Waals surface area (Å²) in [7, 11) is 1.38. The number of furan rings is 1. The number of carboxylic acids is 1. The number of ether oxygens (including phenoxy) is 3. The lowest BCUT2D eigenvalue weighted by Crippen LogP contribution is -2.42. The van der Waals surface area contributed by atoms with E-state index in [-0.39, 0.29) is 24.2 Å². The molecule has 1 saturated carbocycles. The van der Waals surface area contributed by atoms with Crippen LogP contribution in [0.25, 0.3) is 33.5 Å². The van der Waals surface area contributed by atoms with Gasteiger partial charge in [-0.15, -0.1) is 6.58 Å². The number of allylic oxidation sites excluding steroid dienone is 1. The lowest BCUT2D eigenvalue weighted by molar-refractivity contribution is -0.143. The number of aryl methyl sites for hydroxylation is 1. The Bertz CT molecular complexity index is 1770. The first kappa shape index (κ1) is 36.3. The van der Waals surface area contributed by atoms with E-state index in [1.807, 2.05) is 61.5 Å². The maximum atomic E-state index is 11.8. The first-order chi connectivity index (χ1) is 24.2. The molecule has 12 nitrogen and oxygen atoms in total. The van der Waals surface area contributed by atoms with Crippen LogP contribution in [0.5, 0.6) is 5.88 Å². The van der Waals surface area contributed by atoms with Crippen molar-refractivity contribution in [2.24, 2.45) is 0 Å². The summed E-state index contributed by atoms with van der Waals surface area (Å²) in [5.74, 6) is -0.348. The molecule has 3 heterocycles. The second-order valence-electron chi connectivity index (χ2n) is 12.7. The van der Waals surface area contributed by atoms with Gasteiger partial charge in [0.05, 0.1) is 7.11 Å². The summed E-state index contributed by atoms with van der Waals surface area (Å²) >= 11 is 0. The van der Waals surface area contributed by atoms with Gasteiger partial charge in [-0.25, -0.2) is 14.6 Å². The highest BCUT2D eigenvalue weighted by atomic mass is 16.6. The van der Waals surface area contributed by atoms with Crippen molar-refractivity contribution in [3.05, 3.63) is 66.7 Å². The summed E-state index contributed by atoms with van der Waals surface area (Å²) in [6.45, 7) is 6.20. The quantitative estimate of drug-likeness (QED) is 0.0764. The predicted molar refractivity (Wildman–Crippen MR) is 189 cm³/mol. The topological polar surface area (TPSA) is 162 Å². The first-order valence-corrected chi connectivity index (χ1v) is 17.3. The molecule has 4 aromatic rings. The number of unbranched alkanes of at least 4 members (excludes halogenated alkanes) is 3. The smallest absolute Gasteiger partial charge is 0.408 e. The highest BCUT2D eigenvalue weighted by Crippen LogP contribution is 2.35. The number of carboxylic acid groups (broad SMARTS) is 1. The van der Waals surface area contributed by atoms with E-state index in [9.17, 15) is 14.4 Å². The summed E-state index contributed by atoms with van der Waals surface area (Å²) in [4.78, 5) is 44.0. The number of benzene rings is 2. The van der Waals surface area contributed by atoms with Crippen LogP contribution >= 0.6 is 0 Å². The maximum absolute atomic E-state index is 11.8. The lowest BCUT2D eigenvalue weighted by atomic mass is 10.1. The number of esters is 1. The Kier molecular flexibility index (Phi) is 12.8. The number of para-hydroxylation sites is 1. The van der Waals surface area contributed by atoms with E-state index in [0.29, 0.717) is 42.2 Å². The number of carbonyl (C=O) groups excluding carboxylic acids is 2. The fourth-order valence-electron chi connectivity index (χ4n) is 6.16. The monoisotopic (exact) mass is 686 g/mol. The molecular weight excluding hydrogens is 640 g/mol. The van der Waals surface area contributed by atoms with Crippen LogP contribution in [0.2, 0.25) is 0 Å². The molecule has 0 bridgehead atoms. The fourth-order valence-corrected chi connectivity index (χ4v) is 6.16. The Morgan fingerprint density at radius 1 is 1.06 bits per heavy atom. The summed E-state index contributed by atoms with van der Waals surface area (Å²) in [6, 6.07) is 14.5. The van der Waals surface area contributed by atoms with Crippen molar-refractivity contribution in [3.63, 3.8) is 0 Å². The van der Waals surface area contributed by atoms with Gasteiger partial charge in [0.2, 0.25) is 5.58 Å². The average Bonchev–Trinajstić information content (AvgIpc) is 3.89. The number of hydrogen-bond acceptors (Lipinski definition) is 10. The van der Waals surface area contributed by atoms with Crippen LogP contribution in [0, 0.1) is 6.92 Å². The first-order valence-electron chi connectivity index (χ1n) is 17.3. The Labute approximate surface area is 291 Å². The van der Waals surface area contributed by atoms with E-state index in [4.69, 9.17) is 28.7 Å². The van der Waals surface area contributed by atoms with Crippen LogP contribution < -0.4 is 15.4 Å². The molecule has 1 saturated heterocycles. The summed E-state index contributed by atoms with van der Waals surface area (Å²) in [5.41, 5.74) is 4.01. The highest BCUT2D eigenvalue weighted by molar-refractivity contribution is 6.04. The third-order valence-corrected chi connectivity index (χ3v) is 8.92. The van der Waals surface area contributed by atoms with E-state index in [1.54, 1.807) is 0 Å². The van der Waals surface area contributed by atoms with Crippen molar-refractivity contribution >= 4 is 40.1 Å². The zero-order chi connectivity index (χ0) is 35.5. The average molecular weight is 687 g/mol. The van der Waals surface area contributed by atoms with Crippen molar-refractivity contribution < 1.29 is 38.1 Å². The largest absolute Gasteiger partial charge is 0.480 e. The highest BCUT2D eigenvalue weighted by Gasteiger charge is 2.33. The second kappa shape index (κ2) is 17.6. The van der Waals surface area contributed by atoms with Gasteiger partial charge in [0, 0.05) is 23.9 Å². The third kappa shape index (κ3) is 9.59. The molecule has 2 aromatic carbocycles. The molecule has 0 radical (unpaired) electrons. The summed E-state index contributed by atoms with van der Waals surface area (Å²) in [5, 5.41) is 15.6. The number of nitrogens with zero attached hydrogens (tertiary/aromatic N) is 2. The number of amides is 1. The van der Waals surface area contributed by atoms with Crippen LogP contribution in [0.3, 0.4) is 0 Å². The Morgan fingerprint density at radius 3 is 2.54 bits per heavy atom. The normalized spacial score (nSPS) is 17.9. The molecule has 2 aliphatic rings. The minimum absolute atomic E-state index is 0.0444. The number of rotatable bonds is 13. The van der Waals surface area contributed by atoms with Gasteiger partial charge in [-0.2, -0.15) is 4.98 Å². The standard InChI is InChI=1S/C23H21N3O4.C15H25NO4/c1-13-7-9-14(10-8-13)21-25-19-16-5-3-4-6-18(16)30-20(19)22(26-21)29-15-11-17(24-12-15)23(27)28-2;1-2-3-4-5-6-11-13(14(17)18)16-15(19)20-12-9-7-8-10-12/h3-10,15,17,24H,11-12H2,1-2H3;2,12-13H,1,3-11H2,(H,16,19)(H,17,18)/t15-,17+;13-/m10/s1. The van der Waals surface area contributed by atoms with E-state index in [2.05, 4.69) is 22.2 Å². The molecule has 1 aliphatic carbocycles. The van der Waals surface area contributed by atoms with Crippen molar-refractivity contribution in [1.82, 2.24) is 20.6 Å². The van der Waals surface area contributed by atoms with E-state index in [1.165, 1.54) is 7.11 Å². The van der Waals surface area contributed by atoms with Crippen LogP contribution in [-0.4, -0.2) is 71.1 Å². The van der Waals surface area contributed by atoms with Crippen molar-refractivity contribution in [2.45, 2.75) is 95.4 Å². The summed E-state index contributed by atoms with van der Waals surface area (Å²) < 4.78 is 22.3. The molecule has 50 heavy (non-hydrogen) atoms. The van der Waals surface area contributed by atoms with Crippen molar-refractivity contribution in [1.29, 1.82) is 0 Å². The number of aliphatic carboxylic acids is 1. The minimum Gasteiger partial charge on any atom is -0.480 e. The van der Waals surface area contributed by atoms with Gasteiger partial charge in [0.1, 0.15) is 35.4 Å². The second-order valence-corrected chi connectivity index (χ2v) is 12.7. The van der Waals surface area contributed by atoms with Gasteiger partial charge < -0.3 is 34.4 Å². The molecule has 6 rings (SSSR count). The molecule has 2 fully saturated rings. The van der Waals surface area contributed by atoms with Crippen LogP contribution in [0.1, 0.15) is 69.8 Å².